The molecule has 13 heavy (non-hydrogen) atoms. The first kappa shape index (κ1) is 11.0. The number of hydrogen-bond donors (Lipinski definition) is 0. The highest BCUT2D eigenvalue weighted by atomic mass is 15.1. The van der Waals surface area contributed by atoms with E-state index in [9.17, 15) is 0 Å². The van der Waals surface area contributed by atoms with Gasteiger partial charge in [0.1, 0.15) is 0 Å². The Morgan fingerprint density at radius 1 is 1.23 bits per heavy atom. The van der Waals surface area contributed by atoms with Gasteiger partial charge in [-0.3, -0.25) is 0 Å². The van der Waals surface area contributed by atoms with Gasteiger partial charge in [-0.2, -0.15) is 0 Å². The van der Waals surface area contributed by atoms with E-state index in [0.717, 1.165) is 17.9 Å². The van der Waals surface area contributed by atoms with Gasteiger partial charge in [0.2, 0.25) is 0 Å². The van der Waals surface area contributed by atoms with Crippen molar-refractivity contribution >= 4 is 0 Å². The first-order chi connectivity index (χ1) is 6.16. The minimum atomic E-state index is 0.815. The normalized spacial score (nSPS) is 32.1. The molecule has 0 spiro atoms. The maximum Gasteiger partial charge on any atom is 0.0117 e. The third-order valence-corrected chi connectivity index (χ3v) is 3.75. The summed E-state index contributed by atoms with van der Waals surface area (Å²) in [6.07, 6.45) is 7.13. The van der Waals surface area contributed by atoms with Gasteiger partial charge >= 0.3 is 0 Å². The van der Waals surface area contributed by atoms with E-state index in [4.69, 9.17) is 0 Å². The molecule has 0 radical (unpaired) electrons. The van der Waals surface area contributed by atoms with Crippen LogP contribution >= 0.6 is 0 Å². The molecule has 1 saturated carbocycles. The standard InChI is InChI=1S/C12H25N/c1-5-12(13(3)4)11-9-7-6-8-10(11)2/h10-12H,5-9H2,1-4H3/t10-,11?,12?/m0/s1. The Hall–Kier alpha value is -0.0400. The minimum absolute atomic E-state index is 0.815. The van der Waals surface area contributed by atoms with Crippen molar-refractivity contribution < 1.29 is 0 Å². The van der Waals surface area contributed by atoms with Crippen molar-refractivity contribution in [1.29, 1.82) is 0 Å². The van der Waals surface area contributed by atoms with Gasteiger partial charge in [0.25, 0.3) is 0 Å². The lowest BCUT2D eigenvalue weighted by atomic mass is 9.75. The summed E-state index contributed by atoms with van der Waals surface area (Å²) in [6.45, 7) is 4.77. The molecule has 0 saturated heterocycles. The van der Waals surface area contributed by atoms with E-state index in [1.807, 2.05) is 0 Å². The molecule has 1 aliphatic rings. The largest absolute Gasteiger partial charge is 0.306 e. The summed E-state index contributed by atoms with van der Waals surface area (Å²) in [5, 5.41) is 0. The average molecular weight is 183 g/mol. The fourth-order valence-corrected chi connectivity index (χ4v) is 2.97. The molecule has 0 heterocycles. The summed E-state index contributed by atoms with van der Waals surface area (Å²) < 4.78 is 0. The summed E-state index contributed by atoms with van der Waals surface area (Å²) >= 11 is 0. The van der Waals surface area contributed by atoms with Gasteiger partial charge in [-0.15, -0.1) is 0 Å². The summed E-state index contributed by atoms with van der Waals surface area (Å²) in [4.78, 5) is 2.42. The first-order valence-electron chi connectivity index (χ1n) is 5.83. The molecule has 0 aliphatic heterocycles. The van der Waals surface area contributed by atoms with Gasteiger partial charge in [0, 0.05) is 6.04 Å². The fraction of sp³-hybridized carbons (Fsp3) is 1.00. The topological polar surface area (TPSA) is 3.24 Å². The van der Waals surface area contributed by atoms with Gasteiger partial charge in [0.05, 0.1) is 0 Å². The molecule has 1 aliphatic carbocycles. The van der Waals surface area contributed by atoms with Gasteiger partial charge in [-0.1, -0.05) is 33.1 Å². The number of nitrogens with zero attached hydrogens (tertiary/aromatic N) is 1. The van der Waals surface area contributed by atoms with Gasteiger partial charge in [-0.25, -0.2) is 0 Å². The van der Waals surface area contributed by atoms with Crippen molar-refractivity contribution in [3.8, 4) is 0 Å². The SMILES string of the molecule is CCC(C1CCCC[C@@H]1C)N(C)C. The lowest BCUT2D eigenvalue weighted by Gasteiger charge is -2.38. The van der Waals surface area contributed by atoms with Crippen LogP contribution in [0.1, 0.15) is 46.0 Å². The summed E-state index contributed by atoms with van der Waals surface area (Å²) in [6, 6.07) is 0.815. The fourth-order valence-electron chi connectivity index (χ4n) is 2.97. The van der Waals surface area contributed by atoms with Crippen LogP contribution in [0.5, 0.6) is 0 Å². The smallest absolute Gasteiger partial charge is 0.0117 e. The maximum atomic E-state index is 2.44. The molecule has 1 fully saturated rings. The van der Waals surface area contributed by atoms with Crippen molar-refractivity contribution in [3.05, 3.63) is 0 Å². The molecule has 1 heteroatoms. The van der Waals surface area contributed by atoms with Gasteiger partial charge < -0.3 is 4.90 Å². The van der Waals surface area contributed by atoms with E-state index in [1.54, 1.807) is 0 Å². The third-order valence-electron chi connectivity index (χ3n) is 3.75. The minimum Gasteiger partial charge on any atom is -0.306 e. The highest BCUT2D eigenvalue weighted by Gasteiger charge is 2.28. The second-order valence-corrected chi connectivity index (χ2v) is 4.86. The van der Waals surface area contributed by atoms with Crippen molar-refractivity contribution in [2.45, 2.75) is 52.0 Å². The summed E-state index contributed by atoms with van der Waals surface area (Å²) in [5.41, 5.74) is 0. The first-order valence-corrected chi connectivity index (χ1v) is 5.83. The van der Waals surface area contributed by atoms with Crippen LogP contribution in [0.2, 0.25) is 0 Å². The Balaban J connectivity index is 2.55. The van der Waals surface area contributed by atoms with Crippen LogP contribution in [0.4, 0.5) is 0 Å². The average Bonchev–Trinajstić information content (AvgIpc) is 2.09. The molecule has 3 atom stereocenters. The van der Waals surface area contributed by atoms with E-state index < -0.39 is 0 Å². The zero-order valence-corrected chi connectivity index (χ0v) is 9.71. The number of rotatable bonds is 3. The maximum absolute atomic E-state index is 2.44. The number of hydrogen-bond acceptors (Lipinski definition) is 1. The van der Waals surface area contributed by atoms with Crippen molar-refractivity contribution in [3.63, 3.8) is 0 Å². The predicted molar refractivity (Wildman–Crippen MR) is 58.9 cm³/mol. The second-order valence-electron chi connectivity index (χ2n) is 4.86. The van der Waals surface area contributed by atoms with E-state index >= 15 is 0 Å². The van der Waals surface area contributed by atoms with E-state index in [1.165, 1.54) is 32.1 Å². The summed E-state index contributed by atoms with van der Waals surface area (Å²) in [5.74, 6) is 1.90. The molecule has 1 nitrogen and oxygen atoms in total. The molecule has 0 aromatic rings. The molecule has 0 aromatic heterocycles. The van der Waals surface area contributed by atoms with E-state index in [-0.39, 0.29) is 0 Å². The molecule has 0 aromatic carbocycles. The monoisotopic (exact) mass is 183 g/mol. The quantitative estimate of drug-likeness (QED) is 0.649. The zero-order valence-electron chi connectivity index (χ0n) is 9.71. The van der Waals surface area contributed by atoms with Crippen molar-refractivity contribution in [2.75, 3.05) is 14.1 Å². The van der Waals surface area contributed by atoms with Crippen molar-refractivity contribution in [2.24, 2.45) is 11.8 Å². The van der Waals surface area contributed by atoms with Crippen LogP contribution in [0, 0.1) is 11.8 Å². The highest BCUT2D eigenvalue weighted by molar-refractivity contribution is 4.82. The Labute approximate surface area is 83.5 Å². The molecule has 0 bridgehead atoms. The van der Waals surface area contributed by atoms with Crippen molar-refractivity contribution in [1.82, 2.24) is 4.90 Å². The van der Waals surface area contributed by atoms with Crippen LogP contribution in [-0.4, -0.2) is 25.0 Å². The van der Waals surface area contributed by atoms with E-state index in [2.05, 4.69) is 32.8 Å². The molecular weight excluding hydrogens is 158 g/mol. The molecule has 2 unspecified atom stereocenters. The molecule has 78 valence electrons. The van der Waals surface area contributed by atoms with Crippen LogP contribution in [0.15, 0.2) is 0 Å². The van der Waals surface area contributed by atoms with E-state index in [0.29, 0.717) is 0 Å². The van der Waals surface area contributed by atoms with Gasteiger partial charge in [0.15, 0.2) is 0 Å². The molecule has 0 N–H and O–H groups in total. The molecule has 1 rings (SSSR count). The highest BCUT2D eigenvalue weighted by Crippen LogP contribution is 2.34. The van der Waals surface area contributed by atoms with Crippen LogP contribution in [0.25, 0.3) is 0 Å². The van der Waals surface area contributed by atoms with Gasteiger partial charge in [-0.05, 0) is 38.8 Å². The van der Waals surface area contributed by atoms with Crippen LogP contribution in [0.3, 0.4) is 0 Å². The second kappa shape index (κ2) is 4.99. The molecule has 0 amide bonds. The van der Waals surface area contributed by atoms with Crippen LogP contribution in [-0.2, 0) is 0 Å². The lowest BCUT2D eigenvalue weighted by Crippen LogP contribution is -2.39. The predicted octanol–water partition coefficient (Wildman–Crippen LogP) is 3.15. The Kier molecular flexibility index (Phi) is 4.24. The Bertz CT molecular complexity index is 142. The summed E-state index contributed by atoms with van der Waals surface area (Å²) in [7, 11) is 4.46. The third kappa shape index (κ3) is 2.70. The van der Waals surface area contributed by atoms with Crippen LogP contribution < -0.4 is 0 Å². The zero-order chi connectivity index (χ0) is 9.84. The molecular formula is C12H25N. The lowest BCUT2D eigenvalue weighted by molar-refractivity contribution is 0.120. The Morgan fingerprint density at radius 3 is 2.31 bits per heavy atom. The Morgan fingerprint density at radius 2 is 1.85 bits per heavy atom.